The standard InChI is InChI=1S/C15H18ClFN2O/c1-4-13-15(16)14(19(5-2)18-13)9-20-11-7-6-10(3)12(17)8-11/h6-8H,4-5,9H2,1-3H3. The molecular weight excluding hydrogens is 279 g/mol. The van der Waals surface area contributed by atoms with Gasteiger partial charge in [-0.15, -0.1) is 0 Å². The van der Waals surface area contributed by atoms with E-state index in [0.29, 0.717) is 16.3 Å². The minimum Gasteiger partial charge on any atom is -0.487 e. The molecule has 0 aliphatic rings. The summed E-state index contributed by atoms with van der Waals surface area (Å²) in [6.07, 6.45) is 0.776. The van der Waals surface area contributed by atoms with Gasteiger partial charge >= 0.3 is 0 Å². The van der Waals surface area contributed by atoms with E-state index in [1.54, 1.807) is 19.1 Å². The van der Waals surface area contributed by atoms with Gasteiger partial charge in [-0.25, -0.2) is 4.39 Å². The molecule has 1 aromatic carbocycles. The Kier molecular flexibility index (Phi) is 4.65. The van der Waals surface area contributed by atoms with E-state index in [1.165, 1.54) is 6.07 Å². The van der Waals surface area contributed by atoms with Crippen molar-refractivity contribution in [3.05, 3.63) is 46.0 Å². The number of rotatable bonds is 5. The lowest BCUT2D eigenvalue weighted by molar-refractivity contribution is 0.291. The largest absolute Gasteiger partial charge is 0.487 e. The summed E-state index contributed by atoms with van der Waals surface area (Å²) in [6, 6.07) is 4.83. The van der Waals surface area contributed by atoms with Crippen LogP contribution < -0.4 is 4.74 Å². The van der Waals surface area contributed by atoms with Crippen LogP contribution in [-0.2, 0) is 19.6 Å². The van der Waals surface area contributed by atoms with Gasteiger partial charge in [-0.3, -0.25) is 4.68 Å². The van der Waals surface area contributed by atoms with Crippen LogP contribution in [0, 0.1) is 12.7 Å². The van der Waals surface area contributed by atoms with Crippen LogP contribution in [-0.4, -0.2) is 9.78 Å². The summed E-state index contributed by atoms with van der Waals surface area (Å²) in [5, 5.41) is 5.06. The van der Waals surface area contributed by atoms with Crippen molar-refractivity contribution in [2.24, 2.45) is 0 Å². The van der Waals surface area contributed by atoms with Gasteiger partial charge in [-0.1, -0.05) is 24.6 Å². The summed E-state index contributed by atoms with van der Waals surface area (Å²) < 4.78 is 20.9. The molecule has 0 saturated carbocycles. The summed E-state index contributed by atoms with van der Waals surface area (Å²) in [7, 11) is 0. The summed E-state index contributed by atoms with van der Waals surface area (Å²) >= 11 is 6.29. The average molecular weight is 297 g/mol. The minimum absolute atomic E-state index is 0.271. The van der Waals surface area contributed by atoms with Crippen molar-refractivity contribution >= 4 is 11.6 Å². The molecule has 1 aromatic heterocycles. The average Bonchev–Trinajstić information content (AvgIpc) is 2.76. The van der Waals surface area contributed by atoms with E-state index in [4.69, 9.17) is 16.3 Å². The molecule has 0 atom stereocenters. The van der Waals surface area contributed by atoms with Gasteiger partial charge in [0.2, 0.25) is 0 Å². The predicted molar refractivity (Wildman–Crippen MR) is 77.8 cm³/mol. The Bertz CT molecular complexity index is 610. The molecule has 20 heavy (non-hydrogen) atoms. The van der Waals surface area contributed by atoms with Crippen molar-refractivity contribution in [3.63, 3.8) is 0 Å². The van der Waals surface area contributed by atoms with Crippen LogP contribution >= 0.6 is 11.6 Å². The van der Waals surface area contributed by atoms with Gasteiger partial charge in [0.05, 0.1) is 16.4 Å². The number of aromatic nitrogens is 2. The molecule has 0 N–H and O–H groups in total. The summed E-state index contributed by atoms with van der Waals surface area (Å²) in [5.74, 6) is 0.220. The van der Waals surface area contributed by atoms with Crippen LogP contribution in [0.25, 0.3) is 0 Å². The first-order valence-electron chi connectivity index (χ1n) is 6.69. The number of ether oxygens (including phenoxy) is 1. The lowest BCUT2D eigenvalue weighted by atomic mass is 10.2. The Hall–Kier alpha value is -1.55. The van der Waals surface area contributed by atoms with Crippen LogP contribution in [0.1, 0.15) is 30.8 Å². The first-order valence-corrected chi connectivity index (χ1v) is 7.07. The third-order valence-electron chi connectivity index (χ3n) is 3.21. The number of halogens is 2. The van der Waals surface area contributed by atoms with Crippen molar-refractivity contribution in [1.29, 1.82) is 0 Å². The van der Waals surface area contributed by atoms with E-state index in [2.05, 4.69) is 5.10 Å². The van der Waals surface area contributed by atoms with E-state index in [1.807, 2.05) is 18.5 Å². The van der Waals surface area contributed by atoms with Gasteiger partial charge in [0, 0.05) is 12.6 Å². The smallest absolute Gasteiger partial charge is 0.131 e. The third kappa shape index (κ3) is 2.96. The maximum Gasteiger partial charge on any atom is 0.131 e. The maximum absolute atomic E-state index is 13.5. The van der Waals surface area contributed by atoms with Crippen LogP contribution in [0.4, 0.5) is 4.39 Å². The van der Waals surface area contributed by atoms with E-state index >= 15 is 0 Å². The SMILES string of the molecule is CCc1nn(CC)c(COc2ccc(C)c(F)c2)c1Cl. The fourth-order valence-electron chi connectivity index (χ4n) is 1.97. The fraction of sp³-hybridized carbons (Fsp3) is 0.400. The van der Waals surface area contributed by atoms with Crippen molar-refractivity contribution < 1.29 is 9.13 Å². The van der Waals surface area contributed by atoms with E-state index in [9.17, 15) is 4.39 Å². The number of aryl methyl sites for hydroxylation is 3. The number of hydrogen-bond acceptors (Lipinski definition) is 2. The Morgan fingerprint density at radius 2 is 2.10 bits per heavy atom. The molecule has 0 aliphatic heterocycles. The molecule has 3 nitrogen and oxygen atoms in total. The molecule has 0 radical (unpaired) electrons. The lowest BCUT2D eigenvalue weighted by Crippen LogP contribution is -2.06. The second-order valence-corrected chi connectivity index (χ2v) is 4.95. The minimum atomic E-state index is -0.271. The molecule has 2 rings (SSSR count). The lowest BCUT2D eigenvalue weighted by Gasteiger charge is -2.09. The van der Waals surface area contributed by atoms with Gasteiger partial charge in [0.1, 0.15) is 18.2 Å². The Morgan fingerprint density at radius 1 is 1.35 bits per heavy atom. The van der Waals surface area contributed by atoms with E-state index in [-0.39, 0.29) is 12.4 Å². The molecule has 1 heterocycles. The second-order valence-electron chi connectivity index (χ2n) is 4.58. The molecule has 5 heteroatoms. The molecule has 0 spiro atoms. The predicted octanol–water partition coefficient (Wildman–Crippen LogP) is 4.15. The number of nitrogens with zero attached hydrogens (tertiary/aromatic N) is 2. The topological polar surface area (TPSA) is 27.1 Å². The van der Waals surface area contributed by atoms with Crippen LogP contribution in [0.3, 0.4) is 0 Å². The number of benzene rings is 1. The van der Waals surface area contributed by atoms with Crippen molar-refractivity contribution in [1.82, 2.24) is 9.78 Å². The Labute approximate surface area is 123 Å². The molecule has 0 amide bonds. The number of hydrogen-bond donors (Lipinski definition) is 0. The Morgan fingerprint density at radius 3 is 2.70 bits per heavy atom. The van der Waals surface area contributed by atoms with Crippen LogP contribution in [0.15, 0.2) is 18.2 Å². The highest BCUT2D eigenvalue weighted by atomic mass is 35.5. The fourth-order valence-corrected chi connectivity index (χ4v) is 2.29. The van der Waals surface area contributed by atoms with Crippen molar-refractivity contribution in [2.75, 3.05) is 0 Å². The highest BCUT2D eigenvalue weighted by Gasteiger charge is 2.14. The molecule has 0 unspecified atom stereocenters. The Balaban J connectivity index is 2.17. The zero-order valence-corrected chi connectivity index (χ0v) is 12.7. The summed E-state index contributed by atoms with van der Waals surface area (Å²) in [4.78, 5) is 0. The zero-order chi connectivity index (χ0) is 14.7. The van der Waals surface area contributed by atoms with Gasteiger partial charge in [0.15, 0.2) is 0 Å². The van der Waals surface area contributed by atoms with Gasteiger partial charge in [0.25, 0.3) is 0 Å². The summed E-state index contributed by atoms with van der Waals surface area (Å²) in [6.45, 7) is 6.73. The monoisotopic (exact) mass is 296 g/mol. The van der Waals surface area contributed by atoms with Crippen molar-refractivity contribution in [3.8, 4) is 5.75 Å². The highest BCUT2D eigenvalue weighted by Crippen LogP contribution is 2.24. The molecular formula is C15H18ClFN2O. The normalized spacial score (nSPS) is 10.8. The van der Waals surface area contributed by atoms with Crippen molar-refractivity contribution in [2.45, 2.75) is 40.3 Å². The van der Waals surface area contributed by atoms with Crippen LogP contribution in [0.5, 0.6) is 5.75 Å². The molecule has 0 aliphatic carbocycles. The quantitative estimate of drug-likeness (QED) is 0.829. The maximum atomic E-state index is 13.5. The second kappa shape index (κ2) is 6.27. The third-order valence-corrected chi connectivity index (χ3v) is 3.65. The van der Waals surface area contributed by atoms with Gasteiger partial charge in [-0.05, 0) is 31.9 Å². The van der Waals surface area contributed by atoms with Gasteiger partial charge in [-0.2, -0.15) is 5.10 Å². The highest BCUT2D eigenvalue weighted by molar-refractivity contribution is 6.31. The summed E-state index contributed by atoms with van der Waals surface area (Å²) in [5.41, 5.74) is 2.29. The van der Waals surface area contributed by atoms with Crippen LogP contribution in [0.2, 0.25) is 5.02 Å². The molecule has 2 aromatic rings. The van der Waals surface area contributed by atoms with Gasteiger partial charge < -0.3 is 4.74 Å². The molecule has 108 valence electrons. The molecule has 0 fully saturated rings. The first kappa shape index (κ1) is 14.9. The zero-order valence-electron chi connectivity index (χ0n) is 11.9. The van der Waals surface area contributed by atoms with E-state index < -0.39 is 0 Å². The molecule has 0 saturated heterocycles. The first-order chi connectivity index (χ1) is 9.56. The van der Waals surface area contributed by atoms with E-state index in [0.717, 1.165) is 24.4 Å². The molecule has 0 bridgehead atoms.